The maximum atomic E-state index is 5.74. The second kappa shape index (κ2) is 7.89. The summed E-state index contributed by atoms with van der Waals surface area (Å²) in [5.74, 6) is 0. The maximum Gasteiger partial charge on any atom is 0.0614 e. The number of hydrogen-bond donors (Lipinski definition) is 1. The second-order valence-corrected chi connectivity index (χ2v) is 4.39. The van der Waals surface area contributed by atoms with E-state index >= 15 is 0 Å². The van der Waals surface area contributed by atoms with Crippen molar-refractivity contribution in [1.82, 2.24) is 5.32 Å². The molecule has 0 spiro atoms. The van der Waals surface area contributed by atoms with Crippen LogP contribution in [0.5, 0.6) is 0 Å². The van der Waals surface area contributed by atoms with E-state index in [1.54, 1.807) is 0 Å². The van der Waals surface area contributed by atoms with Crippen molar-refractivity contribution in [3.63, 3.8) is 0 Å². The van der Waals surface area contributed by atoms with Crippen LogP contribution >= 0.6 is 0 Å². The summed E-state index contributed by atoms with van der Waals surface area (Å²) in [6.45, 7) is 6.60. The quantitative estimate of drug-likeness (QED) is 0.516. The molecule has 1 saturated heterocycles. The van der Waals surface area contributed by atoms with E-state index in [1.807, 2.05) is 0 Å². The maximum absolute atomic E-state index is 5.74. The van der Waals surface area contributed by atoms with Crippen molar-refractivity contribution in [1.29, 1.82) is 0 Å². The van der Waals surface area contributed by atoms with Gasteiger partial charge in [0.05, 0.1) is 12.2 Å². The zero-order chi connectivity index (χ0) is 10.9. The van der Waals surface area contributed by atoms with Crippen molar-refractivity contribution < 1.29 is 4.74 Å². The molecule has 0 aromatic rings. The predicted molar refractivity (Wildman–Crippen MR) is 65.1 cm³/mol. The summed E-state index contributed by atoms with van der Waals surface area (Å²) in [7, 11) is 0. The molecular formula is C13H25NO. The van der Waals surface area contributed by atoms with Gasteiger partial charge in [-0.3, -0.25) is 0 Å². The van der Waals surface area contributed by atoms with Crippen molar-refractivity contribution in [2.75, 3.05) is 13.1 Å². The Morgan fingerprint density at radius 2 is 2.13 bits per heavy atom. The van der Waals surface area contributed by atoms with E-state index in [0.29, 0.717) is 12.2 Å². The minimum Gasteiger partial charge on any atom is -0.375 e. The highest BCUT2D eigenvalue weighted by atomic mass is 16.5. The third kappa shape index (κ3) is 5.95. The van der Waals surface area contributed by atoms with Crippen molar-refractivity contribution in [2.45, 2.75) is 58.2 Å². The van der Waals surface area contributed by atoms with Gasteiger partial charge in [0.25, 0.3) is 0 Å². The van der Waals surface area contributed by atoms with Gasteiger partial charge in [0.1, 0.15) is 0 Å². The van der Waals surface area contributed by atoms with Gasteiger partial charge < -0.3 is 10.1 Å². The lowest BCUT2D eigenvalue weighted by Crippen LogP contribution is -2.15. The van der Waals surface area contributed by atoms with E-state index in [0.717, 1.165) is 25.9 Å². The molecule has 1 fully saturated rings. The first-order valence-electron chi connectivity index (χ1n) is 6.34. The zero-order valence-corrected chi connectivity index (χ0v) is 10.2. The molecule has 2 nitrogen and oxygen atoms in total. The highest BCUT2D eigenvalue weighted by Crippen LogP contribution is 2.21. The predicted octanol–water partition coefficient (Wildman–Crippen LogP) is 2.89. The fraction of sp³-hybridized carbons (Fsp3) is 0.846. The molecule has 1 N–H and O–H groups in total. The minimum atomic E-state index is 0.481. The molecular weight excluding hydrogens is 186 g/mol. The molecule has 88 valence electrons. The summed E-state index contributed by atoms with van der Waals surface area (Å²) in [6.07, 6.45) is 11.4. The van der Waals surface area contributed by atoms with Crippen LogP contribution < -0.4 is 5.32 Å². The van der Waals surface area contributed by atoms with Crippen LogP contribution in [0.25, 0.3) is 0 Å². The summed E-state index contributed by atoms with van der Waals surface area (Å²) < 4.78 is 5.74. The first-order valence-corrected chi connectivity index (χ1v) is 6.34. The van der Waals surface area contributed by atoms with Gasteiger partial charge in [0.15, 0.2) is 0 Å². The molecule has 1 heterocycles. The van der Waals surface area contributed by atoms with E-state index in [4.69, 9.17) is 4.74 Å². The molecule has 0 bridgehead atoms. The number of rotatable bonds is 7. The Labute approximate surface area is 94.1 Å². The Hall–Kier alpha value is -0.340. The van der Waals surface area contributed by atoms with Gasteiger partial charge in [-0.05, 0) is 52.1 Å². The van der Waals surface area contributed by atoms with Crippen molar-refractivity contribution in [3.8, 4) is 0 Å². The van der Waals surface area contributed by atoms with Crippen LogP contribution in [-0.4, -0.2) is 25.3 Å². The van der Waals surface area contributed by atoms with Crippen LogP contribution in [0.1, 0.15) is 46.0 Å². The molecule has 0 saturated carbocycles. The van der Waals surface area contributed by atoms with Crippen LogP contribution in [0.3, 0.4) is 0 Å². The summed E-state index contributed by atoms with van der Waals surface area (Å²) in [6, 6.07) is 0. The molecule has 0 aromatic carbocycles. The van der Waals surface area contributed by atoms with Gasteiger partial charge in [-0.2, -0.15) is 0 Å². The molecule has 2 atom stereocenters. The fourth-order valence-corrected chi connectivity index (χ4v) is 1.91. The standard InChI is InChI=1S/C13H25NO/c1-3-10-14-11-6-4-5-7-13-9-8-12(2)15-13/h4-5,12-14H,3,6-11H2,1-2H3/b5-4+. The van der Waals surface area contributed by atoms with Gasteiger partial charge in [-0.15, -0.1) is 0 Å². The molecule has 0 amide bonds. The van der Waals surface area contributed by atoms with E-state index in [2.05, 4.69) is 31.3 Å². The summed E-state index contributed by atoms with van der Waals surface area (Å²) in [4.78, 5) is 0. The van der Waals surface area contributed by atoms with Gasteiger partial charge in [0.2, 0.25) is 0 Å². The van der Waals surface area contributed by atoms with Gasteiger partial charge in [-0.25, -0.2) is 0 Å². The molecule has 1 aliphatic rings. The third-order valence-corrected chi connectivity index (χ3v) is 2.80. The Kier molecular flexibility index (Phi) is 6.69. The third-order valence-electron chi connectivity index (χ3n) is 2.80. The average Bonchev–Trinajstić information content (AvgIpc) is 2.63. The summed E-state index contributed by atoms with van der Waals surface area (Å²) in [5.41, 5.74) is 0. The highest BCUT2D eigenvalue weighted by molar-refractivity contribution is 4.87. The zero-order valence-electron chi connectivity index (χ0n) is 10.2. The summed E-state index contributed by atoms with van der Waals surface area (Å²) in [5, 5.41) is 3.39. The molecule has 0 radical (unpaired) electrons. The minimum absolute atomic E-state index is 0.481. The van der Waals surface area contributed by atoms with E-state index in [1.165, 1.54) is 19.3 Å². The average molecular weight is 211 g/mol. The molecule has 1 rings (SSSR count). The topological polar surface area (TPSA) is 21.3 Å². The Balaban J connectivity index is 1.92. The molecule has 0 aromatic heterocycles. The normalized spacial score (nSPS) is 26.5. The molecule has 2 unspecified atom stereocenters. The lowest BCUT2D eigenvalue weighted by molar-refractivity contribution is 0.0579. The van der Waals surface area contributed by atoms with Crippen molar-refractivity contribution >= 4 is 0 Å². The van der Waals surface area contributed by atoms with Crippen LogP contribution in [0.4, 0.5) is 0 Å². The molecule has 15 heavy (non-hydrogen) atoms. The van der Waals surface area contributed by atoms with Crippen LogP contribution in [0.2, 0.25) is 0 Å². The first-order chi connectivity index (χ1) is 7.33. The van der Waals surface area contributed by atoms with Crippen molar-refractivity contribution in [3.05, 3.63) is 12.2 Å². The Morgan fingerprint density at radius 3 is 2.80 bits per heavy atom. The lowest BCUT2D eigenvalue weighted by Gasteiger charge is -2.07. The van der Waals surface area contributed by atoms with Crippen molar-refractivity contribution in [2.24, 2.45) is 0 Å². The Bertz CT molecular complexity index is 179. The van der Waals surface area contributed by atoms with E-state index in [-0.39, 0.29) is 0 Å². The lowest BCUT2D eigenvalue weighted by atomic mass is 10.1. The SMILES string of the molecule is CCCNCC/C=C/CC1CCC(C)O1. The van der Waals surface area contributed by atoms with Gasteiger partial charge >= 0.3 is 0 Å². The first kappa shape index (κ1) is 12.7. The molecule has 0 aliphatic carbocycles. The summed E-state index contributed by atoms with van der Waals surface area (Å²) >= 11 is 0. The van der Waals surface area contributed by atoms with Crippen LogP contribution in [0.15, 0.2) is 12.2 Å². The number of hydrogen-bond acceptors (Lipinski definition) is 2. The monoisotopic (exact) mass is 211 g/mol. The Morgan fingerprint density at radius 1 is 1.27 bits per heavy atom. The second-order valence-electron chi connectivity index (χ2n) is 4.39. The van der Waals surface area contributed by atoms with Crippen LogP contribution in [-0.2, 0) is 4.74 Å². The van der Waals surface area contributed by atoms with Gasteiger partial charge in [-0.1, -0.05) is 19.1 Å². The fourth-order valence-electron chi connectivity index (χ4n) is 1.91. The molecule has 2 heteroatoms. The number of nitrogens with one attached hydrogen (secondary N) is 1. The van der Waals surface area contributed by atoms with Crippen LogP contribution in [0, 0.1) is 0 Å². The van der Waals surface area contributed by atoms with Gasteiger partial charge in [0, 0.05) is 0 Å². The highest BCUT2D eigenvalue weighted by Gasteiger charge is 2.19. The molecule has 1 aliphatic heterocycles. The van der Waals surface area contributed by atoms with E-state index < -0.39 is 0 Å². The largest absolute Gasteiger partial charge is 0.375 e. The number of ether oxygens (including phenoxy) is 1. The smallest absolute Gasteiger partial charge is 0.0614 e. The van der Waals surface area contributed by atoms with E-state index in [9.17, 15) is 0 Å².